The van der Waals surface area contributed by atoms with Crippen LogP contribution >= 0.6 is 0 Å². The summed E-state index contributed by atoms with van der Waals surface area (Å²) < 4.78 is 0. The average Bonchev–Trinajstić information content (AvgIpc) is 2.27. The van der Waals surface area contributed by atoms with Gasteiger partial charge in [-0.1, -0.05) is 0 Å². The van der Waals surface area contributed by atoms with Gasteiger partial charge in [0.05, 0.1) is 11.0 Å². The van der Waals surface area contributed by atoms with E-state index in [-0.39, 0.29) is 17.3 Å². The van der Waals surface area contributed by atoms with E-state index < -0.39 is 10.8 Å². The van der Waals surface area contributed by atoms with Crippen LogP contribution in [0.1, 0.15) is 24.2 Å². The zero-order valence-electron chi connectivity index (χ0n) is 8.95. The Bertz CT molecular complexity index is 400. The lowest BCUT2D eigenvalue weighted by atomic mass is 10.2. The molecule has 6 heteroatoms. The monoisotopic (exact) mass is 224 g/mol. The van der Waals surface area contributed by atoms with Crippen LogP contribution in [0.3, 0.4) is 0 Å². The van der Waals surface area contributed by atoms with E-state index in [2.05, 4.69) is 0 Å². The van der Waals surface area contributed by atoms with Gasteiger partial charge in [-0.3, -0.25) is 20.1 Å². The smallest absolute Gasteiger partial charge is 0.277 e. The number of amides is 1. The van der Waals surface area contributed by atoms with Crippen LogP contribution in [0.5, 0.6) is 0 Å². The number of non-ortho nitro benzene ring substituents is 1. The summed E-state index contributed by atoms with van der Waals surface area (Å²) in [6, 6.07) is 4.73. The molecule has 0 aliphatic rings. The van der Waals surface area contributed by atoms with Gasteiger partial charge in [-0.05, 0) is 26.0 Å². The summed E-state index contributed by atoms with van der Waals surface area (Å²) in [7, 11) is 0. The van der Waals surface area contributed by atoms with Crippen LogP contribution < -0.4 is 0 Å². The Hall–Kier alpha value is -1.95. The first-order chi connectivity index (χ1) is 7.43. The van der Waals surface area contributed by atoms with Crippen molar-refractivity contribution >= 4 is 11.6 Å². The first-order valence-electron chi connectivity index (χ1n) is 4.70. The van der Waals surface area contributed by atoms with Gasteiger partial charge >= 0.3 is 0 Å². The molecular weight excluding hydrogens is 212 g/mol. The van der Waals surface area contributed by atoms with Crippen molar-refractivity contribution in [2.75, 3.05) is 0 Å². The van der Waals surface area contributed by atoms with Crippen LogP contribution in [0.15, 0.2) is 24.3 Å². The lowest BCUT2D eigenvalue weighted by molar-refractivity contribution is -0.384. The third-order valence-corrected chi connectivity index (χ3v) is 2.02. The number of rotatable bonds is 3. The molecule has 0 heterocycles. The Balaban J connectivity index is 2.90. The van der Waals surface area contributed by atoms with Gasteiger partial charge in [0.2, 0.25) is 0 Å². The van der Waals surface area contributed by atoms with E-state index in [0.29, 0.717) is 5.06 Å². The molecule has 0 bridgehead atoms. The van der Waals surface area contributed by atoms with Crippen molar-refractivity contribution in [2.45, 2.75) is 19.9 Å². The van der Waals surface area contributed by atoms with Gasteiger partial charge < -0.3 is 0 Å². The standard InChI is InChI=1S/C10H12N2O4/c1-7(2)11(14)10(13)8-3-5-9(6-4-8)12(15)16/h3-7,14H,1-2H3. The first-order valence-corrected chi connectivity index (χ1v) is 4.70. The van der Waals surface area contributed by atoms with Gasteiger partial charge in [-0.15, -0.1) is 0 Å². The molecule has 0 aromatic heterocycles. The zero-order chi connectivity index (χ0) is 12.3. The average molecular weight is 224 g/mol. The molecule has 0 unspecified atom stereocenters. The predicted octanol–water partition coefficient (Wildman–Crippen LogP) is 1.83. The van der Waals surface area contributed by atoms with Crippen molar-refractivity contribution in [2.24, 2.45) is 0 Å². The van der Waals surface area contributed by atoms with Crippen molar-refractivity contribution in [1.82, 2.24) is 5.06 Å². The molecule has 1 N–H and O–H groups in total. The summed E-state index contributed by atoms with van der Waals surface area (Å²) in [5.41, 5.74) is 0.118. The summed E-state index contributed by atoms with van der Waals surface area (Å²) >= 11 is 0. The minimum atomic E-state index is -0.579. The molecule has 1 aromatic rings. The largest absolute Gasteiger partial charge is 0.285 e. The molecule has 0 aliphatic carbocycles. The number of carbonyl (C=O) groups is 1. The van der Waals surface area contributed by atoms with E-state index in [4.69, 9.17) is 0 Å². The van der Waals surface area contributed by atoms with Crippen molar-refractivity contribution in [1.29, 1.82) is 0 Å². The maximum absolute atomic E-state index is 11.6. The Kier molecular flexibility index (Phi) is 3.57. The van der Waals surface area contributed by atoms with Crippen molar-refractivity contribution < 1.29 is 14.9 Å². The SMILES string of the molecule is CC(C)N(O)C(=O)c1ccc([N+](=O)[O-])cc1. The van der Waals surface area contributed by atoms with E-state index in [0.717, 1.165) is 0 Å². The van der Waals surface area contributed by atoms with E-state index in [1.807, 2.05) is 0 Å². The molecule has 0 aliphatic heterocycles. The Morgan fingerprint density at radius 1 is 1.38 bits per heavy atom. The second-order valence-corrected chi connectivity index (χ2v) is 3.55. The van der Waals surface area contributed by atoms with Gasteiger partial charge in [-0.25, -0.2) is 5.06 Å². The third-order valence-electron chi connectivity index (χ3n) is 2.02. The number of nitrogens with zero attached hydrogens (tertiary/aromatic N) is 2. The molecular formula is C10H12N2O4. The van der Waals surface area contributed by atoms with E-state index >= 15 is 0 Å². The molecule has 1 rings (SSSR count). The van der Waals surface area contributed by atoms with Crippen LogP contribution in [0.25, 0.3) is 0 Å². The fourth-order valence-corrected chi connectivity index (χ4v) is 1.09. The number of hydrogen-bond acceptors (Lipinski definition) is 4. The summed E-state index contributed by atoms with van der Waals surface area (Å²) in [5, 5.41) is 20.3. The fourth-order valence-electron chi connectivity index (χ4n) is 1.09. The fraction of sp³-hybridized carbons (Fsp3) is 0.300. The Morgan fingerprint density at radius 2 is 1.88 bits per heavy atom. The molecule has 86 valence electrons. The van der Waals surface area contributed by atoms with E-state index in [9.17, 15) is 20.1 Å². The van der Waals surface area contributed by atoms with Crippen molar-refractivity contribution in [3.8, 4) is 0 Å². The van der Waals surface area contributed by atoms with E-state index in [1.165, 1.54) is 24.3 Å². The molecule has 0 atom stereocenters. The summed E-state index contributed by atoms with van der Waals surface area (Å²) in [6.07, 6.45) is 0. The summed E-state index contributed by atoms with van der Waals surface area (Å²) in [5.74, 6) is -0.579. The van der Waals surface area contributed by atoms with Crippen molar-refractivity contribution in [3.63, 3.8) is 0 Å². The molecule has 0 spiro atoms. The first kappa shape index (κ1) is 12.1. The van der Waals surface area contributed by atoms with Gasteiger partial charge in [0.25, 0.3) is 11.6 Å². The topological polar surface area (TPSA) is 83.7 Å². The van der Waals surface area contributed by atoms with Gasteiger partial charge in [0, 0.05) is 17.7 Å². The number of hydroxylamine groups is 2. The van der Waals surface area contributed by atoms with E-state index in [1.54, 1.807) is 13.8 Å². The Morgan fingerprint density at radius 3 is 2.25 bits per heavy atom. The number of nitro groups is 1. The second-order valence-electron chi connectivity index (χ2n) is 3.55. The quantitative estimate of drug-likeness (QED) is 0.482. The normalized spacial score (nSPS) is 10.2. The lowest BCUT2D eigenvalue weighted by Crippen LogP contribution is -2.33. The second kappa shape index (κ2) is 4.71. The minimum absolute atomic E-state index is 0.0920. The number of hydrogen-bond donors (Lipinski definition) is 1. The summed E-state index contributed by atoms with van der Waals surface area (Å²) in [6.45, 7) is 3.31. The maximum atomic E-state index is 11.6. The van der Waals surface area contributed by atoms with Gasteiger partial charge in [0.15, 0.2) is 0 Å². The molecule has 6 nitrogen and oxygen atoms in total. The molecule has 0 saturated heterocycles. The molecule has 16 heavy (non-hydrogen) atoms. The van der Waals surface area contributed by atoms with Crippen LogP contribution in [0, 0.1) is 10.1 Å². The third kappa shape index (κ3) is 2.54. The van der Waals surface area contributed by atoms with Crippen LogP contribution in [-0.2, 0) is 0 Å². The lowest BCUT2D eigenvalue weighted by Gasteiger charge is -2.18. The number of nitro benzene ring substituents is 1. The highest BCUT2D eigenvalue weighted by Crippen LogP contribution is 2.13. The Labute approximate surface area is 92.2 Å². The van der Waals surface area contributed by atoms with Crippen LogP contribution in [0.4, 0.5) is 5.69 Å². The molecule has 0 saturated carbocycles. The summed E-state index contributed by atoms with van der Waals surface area (Å²) in [4.78, 5) is 21.4. The maximum Gasteiger partial charge on any atom is 0.277 e. The van der Waals surface area contributed by atoms with Crippen molar-refractivity contribution in [3.05, 3.63) is 39.9 Å². The predicted molar refractivity (Wildman–Crippen MR) is 56.2 cm³/mol. The highest BCUT2D eigenvalue weighted by molar-refractivity contribution is 5.93. The van der Waals surface area contributed by atoms with Gasteiger partial charge in [-0.2, -0.15) is 0 Å². The highest BCUT2D eigenvalue weighted by atomic mass is 16.6. The van der Waals surface area contributed by atoms with Gasteiger partial charge in [0.1, 0.15) is 0 Å². The number of benzene rings is 1. The van der Waals surface area contributed by atoms with Crippen LogP contribution in [-0.4, -0.2) is 27.1 Å². The minimum Gasteiger partial charge on any atom is -0.285 e. The molecule has 1 aromatic carbocycles. The van der Waals surface area contributed by atoms with Crippen LogP contribution in [0.2, 0.25) is 0 Å². The molecule has 1 amide bonds. The molecule has 0 fully saturated rings. The zero-order valence-corrected chi connectivity index (χ0v) is 8.95. The molecule has 0 radical (unpaired) electrons. The highest BCUT2D eigenvalue weighted by Gasteiger charge is 2.17. The number of carbonyl (C=O) groups excluding carboxylic acids is 1.